The fourth-order valence-electron chi connectivity index (χ4n) is 3.11. The molecule has 0 spiro atoms. The number of hydrogen-bond donors (Lipinski definition) is 1. The van der Waals surface area contributed by atoms with E-state index in [9.17, 15) is 0 Å². The summed E-state index contributed by atoms with van der Waals surface area (Å²) in [5.41, 5.74) is 1.34. The maximum atomic E-state index is 5.39. The Bertz CT molecular complexity index is 413. The first-order chi connectivity index (χ1) is 10.0. The molecule has 0 bridgehead atoms. The van der Waals surface area contributed by atoms with Crippen LogP contribution in [0, 0.1) is 0 Å². The van der Waals surface area contributed by atoms with Crippen molar-refractivity contribution in [2.24, 2.45) is 0 Å². The Labute approximate surface area is 130 Å². The summed E-state index contributed by atoms with van der Waals surface area (Å²) in [5, 5.41) is 3.73. The van der Waals surface area contributed by atoms with Crippen LogP contribution in [-0.2, 0) is 0 Å². The number of benzene rings is 1. The van der Waals surface area contributed by atoms with E-state index in [1.807, 2.05) is 6.07 Å². The van der Waals surface area contributed by atoms with Gasteiger partial charge in [0.05, 0.1) is 13.2 Å². The lowest BCUT2D eigenvalue weighted by molar-refractivity contribution is 0.0911. The van der Waals surface area contributed by atoms with Crippen LogP contribution in [0.2, 0.25) is 0 Å². The Morgan fingerprint density at radius 2 is 1.86 bits per heavy atom. The summed E-state index contributed by atoms with van der Waals surface area (Å²) in [6, 6.07) is 8.71. The molecule has 1 aromatic rings. The fourth-order valence-corrected chi connectivity index (χ4v) is 3.11. The molecule has 0 heterocycles. The average molecular weight is 292 g/mol. The van der Waals surface area contributed by atoms with E-state index in [0.717, 1.165) is 31.8 Å². The number of nitrogens with zero attached hydrogens (tertiary/aromatic N) is 1. The Balaban J connectivity index is 3.14. The molecule has 0 aliphatic heterocycles. The third kappa shape index (κ3) is 4.45. The van der Waals surface area contributed by atoms with Crippen molar-refractivity contribution in [2.45, 2.75) is 52.6 Å². The van der Waals surface area contributed by atoms with Crippen LogP contribution in [0.25, 0.3) is 0 Å². The smallest absolute Gasteiger partial charge is 0.119 e. The maximum Gasteiger partial charge on any atom is 0.119 e. The lowest BCUT2D eigenvalue weighted by Crippen LogP contribution is -2.52. The summed E-state index contributed by atoms with van der Waals surface area (Å²) in [4.78, 5) is 2.51. The topological polar surface area (TPSA) is 24.5 Å². The summed E-state index contributed by atoms with van der Waals surface area (Å²) in [7, 11) is 1.73. The van der Waals surface area contributed by atoms with Crippen LogP contribution in [0.1, 0.15) is 52.6 Å². The monoisotopic (exact) mass is 292 g/mol. The molecular weight excluding hydrogens is 260 g/mol. The molecule has 0 aromatic heterocycles. The van der Waals surface area contributed by atoms with Crippen molar-refractivity contribution in [3.05, 3.63) is 29.8 Å². The summed E-state index contributed by atoms with van der Waals surface area (Å²) in [5.74, 6) is 0.922. The molecule has 120 valence electrons. The molecule has 0 aliphatic carbocycles. The third-order valence-corrected chi connectivity index (χ3v) is 4.31. The number of likely N-dealkylation sites (N-methyl/N-ethyl adjacent to an activating group) is 1. The molecular formula is C18H32N2O. The minimum atomic E-state index is 0.0467. The van der Waals surface area contributed by atoms with E-state index in [4.69, 9.17) is 4.74 Å². The molecule has 0 aliphatic rings. The van der Waals surface area contributed by atoms with Gasteiger partial charge in [0.2, 0.25) is 0 Å². The van der Waals surface area contributed by atoms with E-state index in [0.29, 0.717) is 0 Å². The van der Waals surface area contributed by atoms with Crippen molar-refractivity contribution in [1.29, 1.82) is 0 Å². The molecule has 0 fully saturated rings. The normalized spacial score (nSPS) is 13.5. The van der Waals surface area contributed by atoms with E-state index in [-0.39, 0.29) is 11.6 Å². The van der Waals surface area contributed by atoms with Gasteiger partial charge in [-0.3, -0.25) is 4.90 Å². The van der Waals surface area contributed by atoms with Gasteiger partial charge in [-0.15, -0.1) is 0 Å². The highest BCUT2D eigenvalue weighted by molar-refractivity contribution is 5.32. The lowest BCUT2D eigenvalue weighted by atomic mass is 9.86. The standard InChI is InChI=1S/C18H32N2O/c1-7-13-19-17(18(4,5)20(8-2)9-3)15-11-10-12-16(14-15)21-6/h10-12,14,17,19H,7-9,13H2,1-6H3. The third-order valence-electron chi connectivity index (χ3n) is 4.31. The Morgan fingerprint density at radius 3 is 2.38 bits per heavy atom. The largest absolute Gasteiger partial charge is 0.497 e. The van der Waals surface area contributed by atoms with Crippen molar-refractivity contribution in [3.63, 3.8) is 0 Å². The maximum absolute atomic E-state index is 5.39. The minimum absolute atomic E-state index is 0.0467. The van der Waals surface area contributed by atoms with Gasteiger partial charge < -0.3 is 10.1 Å². The van der Waals surface area contributed by atoms with Crippen molar-refractivity contribution in [3.8, 4) is 5.75 Å². The van der Waals surface area contributed by atoms with Crippen molar-refractivity contribution >= 4 is 0 Å². The summed E-state index contributed by atoms with van der Waals surface area (Å²) >= 11 is 0. The molecule has 0 saturated carbocycles. The second-order valence-electron chi connectivity index (χ2n) is 5.99. The van der Waals surface area contributed by atoms with Crippen LogP contribution in [0.4, 0.5) is 0 Å². The first kappa shape index (κ1) is 18.0. The predicted molar refractivity (Wildman–Crippen MR) is 91.0 cm³/mol. The highest BCUT2D eigenvalue weighted by Gasteiger charge is 2.34. The van der Waals surface area contributed by atoms with E-state index in [2.05, 4.69) is 63.0 Å². The summed E-state index contributed by atoms with van der Waals surface area (Å²) in [6.07, 6.45) is 1.13. The quantitative estimate of drug-likeness (QED) is 0.748. The Kier molecular flexibility index (Phi) is 7.20. The number of methoxy groups -OCH3 is 1. The second kappa shape index (κ2) is 8.40. The first-order valence-corrected chi connectivity index (χ1v) is 8.13. The molecule has 3 heteroatoms. The summed E-state index contributed by atoms with van der Waals surface area (Å²) in [6.45, 7) is 14.4. The first-order valence-electron chi connectivity index (χ1n) is 8.13. The molecule has 0 amide bonds. The Morgan fingerprint density at radius 1 is 1.19 bits per heavy atom. The van der Waals surface area contributed by atoms with Crippen LogP contribution in [-0.4, -0.2) is 37.2 Å². The van der Waals surface area contributed by atoms with Crippen LogP contribution in [0.3, 0.4) is 0 Å². The number of nitrogens with one attached hydrogen (secondary N) is 1. The van der Waals surface area contributed by atoms with Crippen LogP contribution >= 0.6 is 0 Å². The van der Waals surface area contributed by atoms with Crippen molar-refractivity contribution in [2.75, 3.05) is 26.7 Å². The second-order valence-corrected chi connectivity index (χ2v) is 5.99. The lowest BCUT2D eigenvalue weighted by Gasteiger charge is -2.44. The van der Waals surface area contributed by atoms with Gasteiger partial charge in [0, 0.05) is 5.54 Å². The van der Waals surface area contributed by atoms with Gasteiger partial charge in [-0.25, -0.2) is 0 Å². The number of hydrogen-bond acceptors (Lipinski definition) is 3. The van der Waals surface area contributed by atoms with Gasteiger partial charge in [-0.05, 0) is 57.6 Å². The molecule has 3 nitrogen and oxygen atoms in total. The zero-order valence-corrected chi connectivity index (χ0v) is 14.6. The van der Waals surface area contributed by atoms with E-state index in [1.54, 1.807) is 7.11 Å². The molecule has 1 N–H and O–H groups in total. The van der Waals surface area contributed by atoms with Gasteiger partial charge in [-0.1, -0.05) is 32.9 Å². The number of ether oxygens (including phenoxy) is 1. The molecule has 1 atom stereocenters. The van der Waals surface area contributed by atoms with Crippen LogP contribution in [0.5, 0.6) is 5.75 Å². The predicted octanol–water partition coefficient (Wildman–Crippen LogP) is 3.86. The van der Waals surface area contributed by atoms with E-state index < -0.39 is 0 Å². The van der Waals surface area contributed by atoms with Gasteiger partial charge in [-0.2, -0.15) is 0 Å². The van der Waals surface area contributed by atoms with Crippen LogP contribution in [0.15, 0.2) is 24.3 Å². The zero-order valence-electron chi connectivity index (χ0n) is 14.6. The molecule has 1 aromatic carbocycles. The van der Waals surface area contributed by atoms with E-state index >= 15 is 0 Å². The van der Waals surface area contributed by atoms with Gasteiger partial charge >= 0.3 is 0 Å². The van der Waals surface area contributed by atoms with E-state index in [1.165, 1.54) is 5.56 Å². The van der Waals surface area contributed by atoms with Gasteiger partial charge in [0.15, 0.2) is 0 Å². The average Bonchev–Trinajstić information content (AvgIpc) is 2.48. The van der Waals surface area contributed by atoms with Gasteiger partial charge in [0.1, 0.15) is 5.75 Å². The number of rotatable bonds is 9. The SMILES string of the molecule is CCCNC(c1cccc(OC)c1)C(C)(C)N(CC)CC. The Hall–Kier alpha value is -1.06. The minimum Gasteiger partial charge on any atom is -0.497 e. The highest BCUT2D eigenvalue weighted by Crippen LogP contribution is 2.32. The molecule has 1 rings (SSSR count). The fraction of sp³-hybridized carbons (Fsp3) is 0.667. The highest BCUT2D eigenvalue weighted by atomic mass is 16.5. The molecule has 0 saturated heterocycles. The molecule has 1 unspecified atom stereocenters. The summed E-state index contributed by atoms with van der Waals surface area (Å²) < 4.78 is 5.39. The van der Waals surface area contributed by atoms with Crippen molar-refractivity contribution < 1.29 is 4.74 Å². The zero-order chi connectivity index (χ0) is 15.9. The molecule has 21 heavy (non-hydrogen) atoms. The van der Waals surface area contributed by atoms with Crippen molar-refractivity contribution in [1.82, 2.24) is 10.2 Å². The van der Waals surface area contributed by atoms with Gasteiger partial charge in [0.25, 0.3) is 0 Å². The molecule has 0 radical (unpaired) electrons. The van der Waals surface area contributed by atoms with Crippen LogP contribution < -0.4 is 10.1 Å².